The topological polar surface area (TPSA) is 95.1 Å². The van der Waals surface area contributed by atoms with Gasteiger partial charge in [0.2, 0.25) is 0 Å². The Balaban J connectivity index is 1.44. The number of carbonyl (C=O) groups excluding carboxylic acids is 1. The second-order valence-electron chi connectivity index (χ2n) is 10.6. The number of aromatic nitrogens is 3. The maximum atomic E-state index is 14.3. The molecule has 0 spiro atoms. The molecular formula is C33H35N5O5. The highest BCUT2D eigenvalue weighted by Crippen LogP contribution is 2.36. The number of morpholine rings is 1. The monoisotopic (exact) mass is 581 g/mol. The van der Waals surface area contributed by atoms with E-state index in [1.807, 2.05) is 73.1 Å². The Morgan fingerprint density at radius 3 is 2.44 bits per heavy atom. The van der Waals surface area contributed by atoms with Crippen LogP contribution >= 0.6 is 0 Å². The number of hydrogen-bond acceptors (Lipinski definition) is 8. The lowest BCUT2D eigenvalue weighted by Gasteiger charge is -2.31. The number of nitrogens with zero attached hydrogens (tertiary/aromatic N) is 5. The van der Waals surface area contributed by atoms with Crippen LogP contribution in [0.2, 0.25) is 0 Å². The van der Waals surface area contributed by atoms with Gasteiger partial charge in [0.1, 0.15) is 28.6 Å². The molecular weight excluding hydrogens is 546 g/mol. The van der Waals surface area contributed by atoms with Crippen molar-refractivity contribution in [1.82, 2.24) is 19.7 Å². The van der Waals surface area contributed by atoms with E-state index in [4.69, 9.17) is 23.6 Å². The Kier molecular flexibility index (Phi) is 8.02. The van der Waals surface area contributed by atoms with Gasteiger partial charge in [-0.3, -0.25) is 4.79 Å². The number of amides is 1. The van der Waals surface area contributed by atoms with Gasteiger partial charge in [0, 0.05) is 35.3 Å². The van der Waals surface area contributed by atoms with Crippen LogP contribution in [0.5, 0.6) is 11.5 Å². The van der Waals surface area contributed by atoms with E-state index >= 15 is 0 Å². The molecule has 0 saturated carbocycles. The van der Waals surface area contributed by atoms with Crippen LogP contribution < -0.4 is 14.4 Å². The molecule has 4 heterocycles. The maximum absolute atomic E-state index is 14.3. The van der Waals surface area contributed by atoms with E-state index in [0.717, 1.165) is 33.8 Å². The highest BCUT2D eigenvalue weighted by Gasteiger charge is 2.25. The summed E-state index contributed by atoms with van der Waals surface area (Å²) >= 11 is 0. The van der Waals surface area contributed by atoms with Gasteiger partial charge in [0.25, 0.3) is 5.91 Å². The number of aryl methyl sites for hydroxylation is 2. The third-order valence-corrected chi connectivity index (χ3v) is 7.64. The van der Waals surface area contributed by atoms with Crippen LogP contribution in [-0.2, 0) is 17.8 Å². The summed E-state index contributed by atoms with van der Waals surface area (Å²) in [5.41, 5.74) is 4.88. The predicted molar refractivity (Wildman–Crippen MR) is 163 cm³/mol. The van der Waals surface area contributed by atoms with Crippen molar-refractivity contribution in [2.24, 2.45) is 0 Å². The summed E-state index contributed by atoms with van der Waals surface area (Å²) in [6, 6.07) is 19.1. The minimum absolute atomic E-state index is 0.134. The van der Waals surface area contributed by atoms with Gasteiger partial charge < -0.3 is 28.4 Å². The summed E-state index contributed by atoms with van der Waals surface area (Å²) in [4.78, 5) is 23.4. The van der Waals surface area contributed by atoms with Crippen molar-refractivity contribution in [3.05, 3.63) is 95.2 Å². The number of benzene rings is 2. The summed E-state index contributed by atoms with van der Waals surface area (Å²) in [6.07, 6.45) is 1.62. The van der Waals surface area contributed by atoms with Gasteiger partial charge in [-0.1, -0.05) is 6.07 Å². The van der Waals surface area contributed by atoms with Gasteiger partial charge in [-0.15, -0.1) is 0 Å². The zero-order chi connectivity index (χ0) is 29.9. The molecule has 1 aliphatic rings. The zero-order valence-electron chi connectivity index (χ0n) is 24.9. The Labute approximate surface area is 250 Å². The second kappa shape index (κ2) is 12.2. The Bertz CT molecular complexity index is 1740. The zero-order valence-corrected chi connectivity index (χ0v) is 24.9. The first-order valence-electron chi connectivity index (χ1n) is 14.3. The highest BCUT2D eigenvalue weighted by molar-refractivity contribution is 5.95. The first kappa shape index (κ1) is 28.3. The summed E-state index contributed by atoms with van der Waals surface area (Å²) in [5.74, 6) is 2.67. The number of anilines is 1. The molecule has 0 aliphatic carbocycles. The number of fused-ring (bicyclic) bond motifs is 1. The van der Waals surface area contributed by atoms with Gasteiger partial charge in [-0.25, -0.2) is 9.67 Å². The van der Waals surface area contributed by atoms with Crippen LogP contribution in [0, 0.1) is 13.8 Å². The maximum Gasteiger partial charge on any atom is 0.254 e. The van der Waals surface area contributed by atoms with Crippen molar-refractivity contribution < 1.29 is 23.4 Å². The van der Waals surface area contributed by atoms with E-state index in [2.05, 4.69) is 16.1 Å². The molecule has 10 nitrogen and oxygen atoms in total. The molecule has 222 valence electrons. The minimum Gasteiger partial charge on any atom is -0.496 e. The molecule has 1 amide bonds. The van der Waals surface area contributed by atoms with Crippen LogP contribution in [-0.4, -0.2) is 66.1 Å². The van der Waals surface area contributed by atoms with E-state index < -0.39 is 0 Å². The smallest absolute Gasteiger partial charge is 0.254 e. The normalized spacial score (nSPS) is 13.3. The molecule has 0 N–H and O–H groups in total. The van der Waals surface area contributed by atoms with Crippen LogP contribution in [0.4, 0.5) is 5.82 Å². The SMILES string of the molecule is COc1ccc(OC)c2nc(N3CCOCC3)c(CN(Cc3ccco3)C(=O)c3cccc(-n4nc(C)cc4C)c3)cc12. The van der Waals surface area contributed by atoms with Crippen molar-refractivity contribution in [3.63, 3.8) is 0 Å². The van der Waals surface area contributed by atoms with Crippen molar-refractivity contribution in [1.29, 1.82) is 0 Å². The molecule has 3 aromatic heterocycles. The number of methoxy groups -OCH3 is 2. The summed E-state index contributed by atoms with van der Waals surface area (Å²) in [6.45, 7) is 7.11. The largest absolute Gasteiger partial charge is 0.496 e. The minimum atomic E-state index is -0.134. The van der Waals surface area contributed by atoms with Crippen molar-refractivity contribution in [2.75, 3.05) is 45.4 Å². The van der Waals surface area contributed by atoms with E-state index in [9.17, 15) is 4.79 Å². The number of pyridine rings is 1. The molecule has 2 aromatic carbocycles. The Hall–Kier alpha value is -4.83. The summed E-state index contributed by atoms with van der Waals surface area (Å²) in [7, 11) is 3.27. The molecule has 43 heavy (non-hydrogen) atoms. The van der Waals surface area contributed by atoms with E-state index in [-0.39, 0.29) is 12.5 Å². The van der Waals surface area contributed by atoms with Crippen molar-refractivity contribution >= 4 is 22.6 Å². The molecule has 0 atom stereocenters. The quantitative estimate of drug-likeness (QED) is 0.231. The van der Waals surface area contributed by atoms with E-state index in [0.29, 0.717) is 61.2 Å². The molecule has 1 fully saturated rings. The molecule has 0 bridgehead atoms. The average molecular weight is 582 g/mol. The predicted octanol–water partition coefficient (Wildman–Crippen LogP) is 5.33. The van der Waals surface area contributed by atoms with Gasteiger partial charge >= 0.3 is 0 Å². The van der Waals surface area contributed by atoms with E-state index in [1.54, 1.807) is 25.4 Å². The lowest BCUT2D eigenvalue weighted by atomic mass is 10.1. The third kappa shape index (κ3) is 5.78. The summed E-state index contributed by atoms with van der Waals surface area (Å²) < 4.78 is 24.6. The van der Waals surface area contributed by atoms with Crippen LogP contribution in [0.1, 0.15) is 33.1 Å². The molecule has 1 aliphatic heterocycles. The van der Waals surface area contributed by atoms with Crippen LogP contribution in [0.25, 0.3) is 16.6 Å². The standard InChI is InChI=1S/C33H35N5O5/c1-22-17-23(2)38(35-22)26-8-5-7-24(18-26)33(39)37(21-27-9-6-14-43-27)20-25-19-28-29(40-3)10-11-30(41-4)31(28)34-32(25)36-12-15-42-16-13-36/h5-11,14,17-19H,12-13,15-16,20-21H2,1-4H3. The van der Waals surface area contributed by atoms with Crippen LogP contribution in [0.15, 0.2) is 71.3 Å². The highest BCUT2D eigenvalue weighted by atomic mass is 16.5. The van der Waals surface area contributed by atoms with Crippen molar-refractivity contribution in [3.8, 4) is 17.2 Å². The van der Waals surface area contributed by atoms with Gasteiger partial charge in [0.05, 0.1) is 58.2 Å². The van der Waals surface area contributed by atoms with Gasteiger partial charge in [-0.2, -0.15) is 5.10 Å². The third-order valence-electron chi connectivity index (χ3n) is 7.64. The molecule has 1 saturated heterocycles. The van der Waals surface area contributed by atoms with Gasteiger partial charge in [-0.05, 0) is 68.4 Å². The van der Waals surface area contributed by atoms with E-state index in [1.165, 1.54) is 0 Å². The lowest BCUT2D eigenvalue weighted by molar-refractivity contribution is 0.0717. The first-order chi connectivity index (χ1) is 20.9. The fourth-order valence-corrected chi connectivity index (χ4v) is 5.59. The second-order valence-corrected chi connectivity index (χ2v) is 10.6. The fourth-order valence-electron chi connectivity index (χ4n) is 5.59. The number of carbonyl (C=O) groups is 1. The Morgan fingerprint density at radius 1 is 0.953 bits per heavy atom. The molecule has 0 radical (unpaired) electrons. The molecule has 6 rings (SSSR count). The average Bonchev–Trinajstić information content (AvgIpc) is 3.68. The number of furan rings is 1. The van der Waals surface area contributed by atoms with Gasteiger partial charge in [0.15, 0.2) is 0 Å². The fraction of sp³-hybridized carbons (Fsp3) is 0.303. The number of hydrogen-bond donors (Lipinski definition) is 0. The Morgan fingerprint density at radius 2 is 1.74 bits per heavy atom. The molecule has 10 heteroatoms. The number of ether oxygens (including phenoxy) is 3. The molecule has 5 aromatic rings. The van der Waals surface area contributed by atoms with Crippen LogP contribution in [0.3, 0.4) is 0 Å². The number of rotatable bonds is 9. The summed E-state index contributed by atoms with van der Waals surface area (Å²) in [5, 5.41) is 5.42. The molecule has 0 unspecified atom stereocenters. The van der Waals surface area contributed by atoms with Crippen molar-refractivity contribution in [2.45, 2.75) is 26.9 Å². The lowest BCUT2D eigenvalue weighted by Crippen LogP contribution is -2.38. The first-order valence-corrected chi connectivity index (χ1v) is 14.3.